The minimum Gasteiger partial charge on any atom is -0.496 e. The first kappa shape index (κ1) is 16.3. The molecule has 0 aliphatic carbocycles. The highest BCUT2D eigenvalue weighted by Gasteiger charge is 2.20. The van der Waals surface area contributed by atoms with Crippen LogP contribution in [0.5, 0.6) is 5.75 Å². The van der Waals surface area contributed by atoms with E-state index < -0.39 is 0 Å². The van der Waals surface area contributed by atoms with Crippen LogP contribution in [0.4, 0.5) is 0 Å². The second-order valence-corrected chi connectivity index (χ2v) is 6.61. The van der Waals surface area contributed by atoms with E-state index in [9.17, 15) is 0 Å². The quantitative estimate of drug-likeness (QED) is 0.835. The third-order valence-electron chi connectivity index (χ3n) is 4.18. The molecule has 2 rings (SSSR count). The number of ether oxygens (including phenoxy) is 1. The van der Waals surface area contributed by atoms with Crippen LogP contribution in [0.1, 0.15) is 32.3 Å². The van der Waals surface area contributed by atoms with Crippen LogP contribution in [0.15, 0.2) is 24.3 Å². The molecule has 1 aromatic carbocycles. The molecule has 1 heterocycles. The van der Waals surface area contributed by atoms with Gasteiger partial charge in [-0.05, 0) is 50.4 Å². The average Bonchev–Trinajstić information content (AvgIpc) is 2.48. The van der Waals surface area contributed by atoms with Gasteiger partial charge in [0.1, 0.15) is 5.75 Å². The van der Waals surface area contributed by atoms with E-state index in [0.717, 1.165) is 37.2 Å². The molecule has 21 heavy (non-hydrogen) atoms. The van der Waals surface area contributed by atoms with Crippen molar-refractivity contribution in [1.29, 1.82) is 0 Å². The molecule has 0 aromatic heterocycles. The average molecular weight is 290 g/mol. The van der Waals surface area contributed by atoms with E-state index in [1.54, 1.807) is 7.11 Å². The lowest BCUT2D eigenvalue weighted by Crippen LogP contribution is -2.39. The maximum absolute atomic E-state index is 5.47. The molecule has 1 aliphatic rings. The van der Waals surface area contributed by atoms with Crippen molar-refractivity contribution >= 4 is 0 Å². The SMILES string of the molecule is COc1ccccc1CN1CCCC(CNCC(C)C)C1. The van der Waals surface area contributed by atoms with Gasteiger partial charge in [-0.25, -0.2) is 0 Å². The summed E-state index contributed by atoms with van der Waals surface area (Å²) in [7, 11) is 1.76. The second-order valence-electron chi connectivity index (χ2n) is 6.61. The van der Waals surface area contributed by atoms with Crippen LogP contribution < -0.4 is 10.1 Å². The van der Waals surface area contributed by atoms with Gasteiger partial charge >= 0.3 is 0 Å². The lowest BCUT2D eigenvalue weighted by molar-refractivity contribution is 0.163. The van der Waals surface area contributed by atoms with E-state index in [-0.39, 0.29) is 0 Å². The van der Waals surface area contributed by atoms with Gasteiger partial charge in [-0.3, -0.25) is 4.90 Å². The summed E-state index contributed by atoms with van der Waals surface area (Å²) in [6.07, 6.45) is 2.66. The minimum atomic E-state index is 0.735. The lowest BCUT2D eigenvalue weighted by Gasteiger charge is -2.33. The topological polar surface area (TPSA) is 24.5 Å². The number of likely N-dealkylation sites (tertiary alicyclic amines) is 1. The number of piperidine rings is 1. The Bertz CT molecular complexity index is 419. The first-order valence-corrected chi connectivity index (χ1v) is 8.24. The number of hydrogen-bond acceptors (Lipinski definition) is 3. The summed E-state index contributed by atoms with van der Waals surface area (Å²) in [6, 6.07) is 8.38. The molecule has 1 unspecified atom stereocenters. The molecule has 0 radical (unpaired) electrons. The van der Waals surface area contributed by atoms with Gasteiger partial charge in [-0.2, -0.15) is 0 Å². The molecular weight excluding hydrogens is 260 g/mol. The van der Waals surface area contributed by atoms with Gasteiger partial charge in [-0.15, -0.1) is 0 Å². The summed E-state index contributed by atoms with van der Waals surface area (Å²) in [5.74, 6) is 2.53. The molecular formula is C18H30N2O. The van der Waals surface area contributed by atoms with E-state index in [4.69, 9.17) is 4.74 Å². The van der Waals surface area contributed by atoms with E-state index in [1.165, 1.54) is 31.5 Å². The van der Waals surface area contributed by atoms with Crippen molar-refractivity contribution in [2.75, 3.05) is 33.3 Å². The number of methoxy groups -OCH3 is 1. The standard InChI is InChI=1S/C18H30N2O/c1-15(2)11-19-12-16-7-6-10-20(13-16)14-17-8-4-5-9-18(17)21-3/h4-5,8-9,15-16,19H,6-7,10-14H2,1-3H3. The van der Waals surface area contributed by atoms with Crippen LogP contribution in [0.3, 0.4) is 0 Å². The van der Waals surface area contributed by atoms with Gasteiger partial charge in [0.15, 0.2) is 0 Å². The molecule has 1 atom stereocenters. The van der Waals surface area contributed by atoms with Crippen LogP contribution in [-0.4, -0.2) is 38.2 Å². The Morgan fingerprint density at radius 3 is 2.90 bits per heavy atom. The fraction of sp³-hybridized carbons (Fsp3) is 0.667. The minimum absolute atomic E-state index is 0.735. The molecule has 3 nitrogen and oxygen atoms in total. The van der Waals surface area contributed by atoms with Crippen molar-refractivity contribution in [3.63, 3.8) is 0 Å². The highest BCUT2D eigenvalue weighted by molar-refractivity contribution is 5.33. The maximum Gasteiger partial charge on any atom is 0.123 e. The highest BCUT2D eigenvalue weighted by Crippen LogP contribution is 2.23. The number of nitrogens with one attached hydrogen (secondary N) is 1. The molecule has 0 spiro atoms. The third kappa shape index (κ3) is 5.33. The molecule has 1 N–H and O–H groups in total. The van der Waals surface area contributed by atoms with Gasteiger partial charge in [0.05, 0.1) is 7.11 Å². The summed E-state index contributed by atoms with van der Waals surface area (Å²) in [5, 5.41) is 3.61. The van der Waals surface area contributed by atoms with E-state index in [0.29, 0.717) is 0 Å². The Hall–Kier alpha value is -1.06. The van der Waals surface area contributed by atoms with Crippen molar-refractivity contribution in [3.8, 4) is 5.75 Å². The number of benzene rings is 1. The van der Waals surface area contributed by atoms with Crippen LogP contribution in [-0.2, 0) is 6.54 Å². The Morgan fingerprint density at radius 2 is 2.14 bits per heavy atom. The monoisotopic (exact) mass is 290 g/mol. The normalized spacial score (nSPS) is 19.9. The summed E-state index contributed by atoms with van der Waals surface area (Å²) < 4.78 is 5.47. The first-order valence-electron chi connectivity index (χ1n) is 8.24. The number of nitrogens with zero attached hydrogens (tertiary/aromatic N) is 1. The Kier molecular flexibility index (Phi) is 6.52. The van der Waals surface area contributed by atoms with Crippen molar-refractivity contribution < 1.29 is 4.74 Å². The number of hydrogen-bond donors (Lipinski definition) is 1. The van der Waals surface area contributed by atoms with Gasteiger partial charge in [0.25, 0.3) is 0 Å². The first-order chi connectivity index (χ1) is 10.2. The summed E-state index contributed by atoms with van der Waals surface area (Å²) >= 11 is 0. The number of rotatable bonds is 7. The maximum atomic E-state index is 5.47. The van der Waals surface area contributed by atoms with Crippen molar-refractivity contribution in [1.82, 2.24) is 10.2 Å². The van der Waals surface area contributed by atoms with Gasteiger partial charge in [0.2, 0.25) is 0 Å². The molecule has 1 aliphatic heterocycles. The van der Waals surface area contributed by atoms with Gasteiger partial charge in [-0.1, -0.05) is 32.0 Å². The fourth-order valence-corrected chi connectivity index (χ4v) is 3.11. The predicted octanol–water partition coefficient (Wildman–Crippen LogP) is 3.15. The summed E-state index contributed by atoms with van der Waals surface area (Å²) in [5.41, 5.74) is 1.30. The van der Waals surface area contributed by atoms with Crippen molar-refractivity contribution in [3.05, 3.63) is 29.8 Å². The van der Waals surface area contributed by atoms with E-state index in [2.05, 4.69) is 42.3 Å². The molecule has 0 amide bonds. The molecule has 118 valence electrons. The lowest BCUT2D eigenvalue weighted by atomic mass is 9.97. The second kappa shape index (κ2) is 8.40. The zero-order chi connectivity index (χ0) is 15.1. The Morgan fingerprint density at radius 1 is 1.33 bits per heavy atom. The molecule has 1 fully saturated rings. The Labute approximate surface area is 129 Å². The van der Waals surface area contributed by atoms with Gasteiger partial charge < -0.3 is 10.1 Å². The summed E-state index contributed by atoms with van der Waals surface area (Å²) in [4.78, 5) is 2.57. The van der Waals surface area contributed by atoms with Crippen LogP contribution in [0.2, 0.25) is 0 Å². The molecule has 0 bridgehead atoms. The molecule has 3 heteroatoms. The van der Waals surface area contributed by atoms with Crippen molar-refractivity contribution in [2.24, 2.45) is 11.8 Å². The fourth-order valence-electron chi connectivity index (χ4n) is 3.11. The van der Waals surface area contributed by atoms with Gasteiger partial charge in [0, 0.05) is 18.7 Å². The Balaban J connectivity index is 1.83. The van der Waals surface area contributed by atoms with E-state index >= 15 is 0 Å². The zero-order valence-corrected chi connectivity index (χ0v) is 13.8. The van der Waals surface area contributed by atoms with Crippen LogP contribution >= 0.6 is 0 Å². The number of para-hydroxylation sites is 1. The van der Waals surface area contributed by atoms with E-state index in [1.807, 2.05) is 6.07 Å². The predicted molar refractivity (Wildman–Crippen MR) is 88.7 cm³/mol. The van der Waals surface area contributed by atoms with Crippen molar-refractivity contribution in [2.45, 2.75) is 33.2 Å². The molecule has 1 aromatic rings. The van der Waals surface area contributed by atoms with Crippen LogP contribution in [0, 0.1) is 11.8 Å². The molecule has 1 saturated heterocycles. The zero-order valence-electron chi connectivity index (χ0n) is 13.8. The highest BCUT2D eigenvalue weighted by atomic mass is 16.5. The largest absolute Gasteiger partial charge is 0.496 e. The smallest absolute Gasteiger partial charge is 0.123 e. The molecule has 0 saturated carbocycles. The van der Waals surface area contributed by atoms with Crippen LogP contribution in [0.25, 0.3) is 0 Å². The summed E-state index contributed by atoms with van der Waals surface area (Å²) in [6.45, 7) is 10.2. The third-order valence-corrected chi connectivity index (χ3v) is 4.18.